The first-order valence-corrected chi connectivity index (χ1v) is 6.81. The van der Waals surface area contributed by atoms with E-state index in [1.165, 1.54) is 18.5 Å². The van der Waals surface area contributed by atoms with Crippen LogP contribution in [0.4, 0.5) is 14.9 Å². The second-order valence-electron chi connectivity index (χ2n) is 5.21. The van der Waals surface area contributed by atoms with Crippen LogP contribution in [-0.2, 0) is 13.0 Å². The molecular formula is C14H16FN5O. The molecule has 21 heavy (non-hydrogen) atoms. The van der Waals surface area contributed by atoms with E-state index >= 15 is 0 Å². The lowest BCUT2D eigenvalue weighted by molar-refractivity contribution is 0.243. The fraction of sp³-hybridized carbons (Fsp3) is 0.357. The maximum atomic E-state index is 13.3. The van der Waals surface area contributed by atoms with Gasteiger partial charge in [0, 0.05) is 12.1 Å². The molecule has 2 N–H and O–H groups in total. The minimum atomic E-state index is -0.366. The van der Waals surface area contributed by atoms with Gasteiger partial charge in [0.15, 0.2) is 0 Å². The number of halogens is 1. The van der Waals surface area contributed by atoms with Crippen LogP contribution in [0.5, 0.6) is 0 Å². The number of fused-ring (bicyclic) bond motifs is 1. The second kappa shape index (κ2) is 5.51. The van der Waals surface area contributed by atoms with E-state index in [4.69, 9.17) is 0 Å². The number of nitrogens with zero attached hydrogens (tertiary/aromatic N) is 3. The van der Waals surface area contributed by atoms with Gasteiger partial charge in [-0.2, -0.15) is 5.10 Å². The predicted molar refractivity (Wildman–Crippen MR) is 75.4 cm³/mol. The summed E-state index contributed by atoms with van der Waals surface area (Å²) in [6, 6.07) is 4.08. The summed E-state index contributed by atoms with van der Waals surface area (Å²) in [5.41, 5.74) is 1.21. The van der Waals surface area contributed by atoms with Crippen LogP contribution in [0, 0.1) is 12.7 Å². The fourth-order valence-electron chi connectivity index (χ4n) is 2.52. The third-order valence-corrected chi connectivity index (χ3v) is 3.44. The standard InChI is InChI=1S/C14H16FN5O/c1-9-4-10(15)6-12(5-9)19-14(21)18-11-2-3-13-16-8-17-20(13)7-11/h4-6,8,11H,2-3,7H2,1H3,(H2,18,19,21)/t11-/m0/s1. The van der Waals surface area contributed by atoms with Crippen molar-refractivity contribution in [3.8, 4) is 0 Å². The maximum absolute atomic E-state index is 13.3. The number of aromatic nitrogens is 3. The average Bonchev–Trinajstić information content (AvgIpc) is 2.84. The van der Waals surface area contributed by atoms with Gasteiger partial charge in [0.1, 0.15) is 18.0 Å². The molecule has 0 fully saturated rings. The van der Waals surface area contributed by atoms with Crippen molar-refractivity contribution in [2.75, 3.05) is 5.32 Å². The summed E-state index contributed by atoms with van der Waals surface area (Å²) in [4.78, 5) is 16.1. The number of carbonyl (C=O) groups is 1. The second-order valence-corrected chi connectivity index (χ2v) is 5.21. The van der Waals surface area contributed by atoms with Crippen LogP contribution >= 0.6 is 0 Å². The molecule has 2 heterocycles. The van der Waals surface area contributed by atoms with Crippen molar-refractivity contribution in [1.29, 1.82) is 0 Å². The third-order valence-electron chi connectivity index (χ3n) is 3.44. The molecule has 110 valence electrons. The Balaban J connectivity index is 1.60. The van der Waals surface area contributed by atoms with Crippen molar-refractivity contribution in [2.45, 2.75) is 32.4 Å². The molecule has 0 bridgehead atoms. The zero-order chi connectivity index (χ0) is 14.8. The predicted octanol–water partition coefficient (Wildman–Crippen LogP) is 1.86. The number of carbonyl (C=O) groups excluding carboxylic acids is 1. The van der Waals surface area contributed by atoms with Gasteiger partial charge in [0.2, 0.25) is 0 Å². The molecule has 0 unspecified atom stereocenters. The molecule has 0 saturated heterocycles. The molecule has 0 spiro atoms. The molecular weight excluding hydrogens is 273 g/mol. The number of amides is 2. The quantitative estimate of drug-likeness (QED) is 0.886. The zero-order valence-corrected chi connectivity index (χ0v) is 11.6. The number of nitrogens with one attached hydrogen (secondary N) is 2. The summed E-state index contributed by atoms with van der Waals surface area (Å²) in [7, 11) is 0. The van der Waals surface area contributed by atoms with Crippen molar-refractivity contribution >= 4 is 11.7 Å². The summed E-state index contributed by atoms with van der Waals surface area (Å²) in [5.74, 6) is 0.574. The van der Waals surface area contributed by atoms with Crippen LogP contribution < -0.4 is 10.6 Å². The Labute approximate surface area is 121 Å². The molecule has 3 rings (SSSR count). The SMILES string of the molecule is Cc1cc(F)cc(NC(=O)N[C@H]2CCc3ncnn3C2)c1. The van der Waals surface area contributed by atoms with Crippen LogP contribution in [0.15, 0.2) is 24.5 Å². The number of urea groups is 1. The monoisotopic (exact) mass is 289 g/mol. The lowest BCUT2D eigenvalue weighted by Gasteiger charge is -2.23. The van der Waals surface area contributed by atoms with E-state index < -0.39 is 0 Å². The minimum absolute atomic E-state index is 0.00569. The molecule has 0 aliphatic carbocycles. The first-order chi connectivity index (χ1) is 10.1. The Hall–Kier alpha value is -2.44. The molecule has 0 saturated carbocycles. The summed E-state index contributed by atoms with van der Waals surface area (Å²) >= 11 is 0. The fourth-order valence-corrected chi connectivity index (χ4v) is 2.52. The largest absolute Gasteiger partial charge is 0.333 e. The highest BCUT2D eigenvalue weighted by atomic mass is 19.1. The van der Waals surface area contributed by atoms with Gasteiger partial charge in [-0.25, -0.2) is 18.9 Å². The Bertz CT molecular complexity index is 649. The highest BCUT2D eigenvalue weighted by molar-refractivity contribution is 5.89. The number of anilines is 1. The number of rotatable bonds is 2. The molecule has 1 atom stereocenters. The number of hydrogen-bond acceptors (Lipinski definition) is 3. The minimum Gasteiger partial charge on any atom is -0.333 e. The van der Waals surface area contributed by atoms with Gasteiger partial charge in [-0.05, 0) is 37.1 Å². The van der Waals surface area contributed by atoms with Gasteiger partial charge in [-0.1, -0.05) is 0 Å². The van der Waals surface area contributed by atoms with Crippen LogP contribution in [-0.4, -0.2) is 26.8 Å². The van der Waals surface area contributed by atoms with Crippen LogP contribution in [0.2, 0.25) is 0 Å². The normalized spacial score (nSPS) is 17.1. The zero-order valence-electron chi connectivity index (χ0n) is 11.6. The summed E-state index contributed by atoms with van der Waals surface area (Å²) in [6.45, 7) is 2.38. The van der Waals surface area contributed by atoms with Gasteiger partial charge in [0.05, 0.1) is 12.6 Å². The van der Waals surface area contributed by atoms with Gasteiger partial charge in [0.25, 0.3) is 0 Å². The van der Waals surface area contributed by atoms with E-state index in [-0.39, 0.29) is 17.9 Å². The van der Waals surface area contributed by atoms with E-state index in [2.05, 4.69) is 20.7 Å². The number of aryl methyl sites for hydroxylation is 2. The Morgan fingerprint density at radius 1 is 1.43 bits per heavy atom. The molecule has 6 nitrogen and oxygen atoms in total. The summed E-state index contributed by atoms with van der Waals surface area (Å²) < 4.78 is 15.1. The topological polar surface area (TPSA) is 71.8 Å². The smallest absolute Gasteiger partial charge is 0.319 e. The molecule has 1 aliphatic rings. The molecule has 0 radical (unpaired) electrons. The van der Waals surface area contributed by atoms with E-state index in [0.717, 1.165) is 24.2 Å². The van der Waals surface area contributed by atoms with E-state index in [1.54, 1.807) is 17.7 Å². The van der Waals surface area contributed by atoms with Crippen LogP contribution in [0.1, 0.15) is 17.8 Å². The van der Waals surface area contributed by atoms with Crippen molar-refractivity contribution in [1.82, 2.24) is 20.1 Å². The Kier molecular flexibility index (Phi) is 3.55. The van der Waals surface area contributed by atoms with Gasteiger partial charge >= 0.3 is 6.03 Å². The highest BCUT2D eigenvalue weighted by Gasteiger charge is 2.21. The summed E-state index contributed by atoms with van der Waals surface area (Å²) in [5, 5.41) is 9.63. The summed E-state index contributed by atoms with van der Waals surface area (Å²) in [6.07, 6.45) is 3.12. The van der Waals surface area contributed by atoms with Crippen molar-refractivity contribution in [3.63, 3.8) is 0 Å². The lowest BCUT2D eigenvalue weighted by Crippen LogP contribution is -2.43. The van der Waals surface area contributed by atoms with Crippen molar-refractivity contribution in [3.05, 3.63) is 41.7 Å². The van der Waals surface area contributed by atoms with Crippen LogP contribution in [0.25, 0.3) is 0 Å². The Morgan fingerprint density at radius 3 is 3.10 bits per heavy atom. The third kappa shape index (κ3) is 3.18. The maximum Gasteiger partial charge on any atom is 0.319 e. The Morgan fingerprint density at radius 2 is 2.29 bits per heavy atom. The first kappa shape index (κ1) is 13.5. The molecule has 7 heteroatoms. The molecule has 1 aromatic heterocycles. The van der Waals surface area contributed by atoms with Gasteiger partial charge < -0.3 is 10.6 Å². The molecule has 2 aromatic rings. The lowest BCUT2D eigenvalue weighted by atomic mass is 10.1. The van der Waals surface area contributed by atoms with Gasteiger partial charge in [-0.3, -0.25) is 0 Å². The average molecular weight is 289 g/mol. The number of benzene rings is 1. The molecule has 2 amide bonds. The van der Waals surface area contributed by atoms with Gasteiger partial charge in [-0.15, -0.1) is 0 Å². The van der Waals surface area contributed by atoms with Crippen LogP contribution in [0.3, 0.4) is 0 Å². The number of hydrogen-bond donors (Lipinski definition) is 2. The van der Waals surface area contributed by atoms with E-state index in [9.17, 15) is 9.18 Å². The van der Waals surface area contributed by atoms with Crippen molar-refractivity contribution < 1.29 is 9.18 Å². The highest BCUT2D eigenvalue weighted by Crippen LogP contribution is 2.14. The molecule has 1 aliphatic heterocycles. The molecule has 1 aromatic carbocycles. The van der Waals surface area contributed by atoms with E-state index in [1.807, 2.05) is 0 Å². The van der Waals surface area contributed by atoms with Crippen molar-refractivity contribution in [2.24, 2.45) is 0 Å². The van der Waals surface area contributed by atoms with E-state index in [0.29, 0.717) is 12.2 Å². The first-order valence-electron chi connectivity index (χ1n) is 6.81.